The summed E-state index contributed by atoms with van der Waals surface area (Å²) in [6, 6.07) is 11.6. The number of amides is 3. The van der Waals surface area contributed by atoms with E-state index in [1.165, 1.54) is 0 Å². The number of hydrogen-bond donors (Lipinski definition) is 2. The molecule has 0 aliphatic heterocycles. The first-order chi connectivity index (χ1) is 18.6. The van der Waals surface area contributed by atoms with Crippen molar-refractivity contribution < 1.29 is 19.1 Å². The van der Waals surface area contributed by atoms with Crippen LogP contribution in [0.5, 0.6) is 0 Å². The molecule has 0 radical (unpaired) electrons. The zero-order valence-corrected chi connectivity index (χ0v) is 26.6. The Kier molecular flexibility index (Phi) is 11.7. The van der Waals surface area contributed by atoms with Crippen molar-refractivity contribution >= 4 is 35.4 Å². The van der Waals surface area contributed by atoms with E-state index in [4.69, 9.17) is 4.74 Å². The van der Waals surface area contributed by atoms with Crippen molar-refractivity contribution in [1.29, 1.82) is 0 Å². The summed E-state index contributed by atoms with van der Waals surface area (Å²) in [5.41, 5.74) is 3.02. The highest BCUT2D eigenvalue weighted by molar-refractivity contribution is 7.98. The number of para-hydroxylation sites is 1. The molecular formula is C32H47N3O4S. The molecule has 2 atom stereocenters. The third-order valence-electron chi connectivity index (χ3n) is 7.11. The number of alkyl carbamates (subject to hydrolysis) is 1. The predicted molar refractivity (Wildman–Crippen MR) is 166 cm³/mol. The first-order valence-corrected chi connectivity index (χ1v) is 15.3. The maximum atomic E-state index is 14.5. The Bertz CT molecular complexity index is 1190. The highest BCUT2D eigenvalue weighted by Gasteiger charge is 2.43. The van der Waals surface area contributed by atoms with Crippen LogP contribution in [0.4, 0.5) is 10.5 Å². The minimum Gasteiger partial charge on any atom is -0.444 e. The minimum atomic E-state index is -0.932. The van der Waals surface area contributed by atoms with Crippen molar-refractivity contribution in [2.24, 2.45) is 0 Å². The number of rotatable bonds is 11. The molecule has 0 heterocycles. The van der Waals surface area contributed by atoms with E-state index in [1.54, 1.807) is 37.4 Å². The molecule has 2 aromatic rings. The molecule has 0 fully saturated rings. The molecule has 8 heteroatoms. The van der Waals surface area contributed by atoms with Gasteiger partial charge in [-0.2, -0.15) is 11.8 Å². The van der Waals surface area contributed by atoms with Crippen LogP contribution in [-0.2, 0) is 14.3 Å². The van der Waals surface area contributed by atoms with Crippen LogP contribution in [0.2, 0.25) is 0 Å². The lowest BCUT2D eigenvalue weighted by atomic mass is 9.90. The van der Waals surface area contributed by atoms with Crippen LogP contribution in [0.1, 0.15) is 82.7 Å². The smallest absolute Gasteiger partial charge is 0.408 e. The van der Waals surface area contributed by atoms with E-state index in [0.717, 1.165) is 16.7 Å². The molecule has 2 rings (SSSR count). The van der Waals surface area contributed by atoms with Gasteiger partial charge < -0.3 is 20.3 Å². The van der Waals surface area contributed by atoms with E-state index >= 15 is 0 Å². The molecule has 0 aliphatic carbocycles. The molecule has 220 valence electrons. The number of aryl methyl sites for hydroxylation is 3. The summed E-state index contributed by atoms with van der Waals surface area (Å²) in [5, 5.41) is 5.89. The summed E-state index contributed by atoms with van der Waals surface area (Å²) < 4.78 is 5.50. The molecule has 0 saturated heterocycles. The van der Waals surface area contributed by atoms with E-state index in [2.05, 4.69) is 10.6 Å². The number of benzene rings is 2. The summed E-state index contributed by atoms with van der Waals surface area (Å²) in [6.45, 7) is 17.2. The number of thioether (sulfide) groups is 1. The Hall–Kier alpha value is -3.00. The summed E-state index contributed by atoms with van der Waals surface area (Å²) in [7, 11) is 0. The average molecular weight is 570 g/mol. The standard InChI is InChI=1S/C32H47N3O4S/c1-11-32(8,9)35(29(37)26(18-19-40-10)34-30(38)39-31(5,6)7)27(24-17-16-21(2)23(4)20-24)28(36)33-25-15-13-12-14-22(25)3/h12-17,20,26-27H,11,18-19H2,1-10H3,(H,33,36)(H,34,38). The van der Waals surface area contributed by atoms with Gasteiger partial charge in [0.1, 0.15) is 17.7 Å². The zero-order valence-electron chi connectivity index (χ0n) is 25.8. The van der Waals surface area contributed by atoms with Crippen molar-refractivity contribution in [3.63, 3.8) is 0 Å². The lowest BCUT2D eigenvalue weighted by Crippen LogP contribution is -2.59. The minimum absolute atomic E-state index is 0.312. The number of hydrogen-bond acceptors (Lipinski definition) is 5. The normalized spacial score (nSPS) is 13.2. The molecule has 0 spiro atoms. The highest BCUT2D eigenvalue weighted by atomic mass is 32.2. The van der Waals surface area contributed by atoms with Gasteiger partial charge in [0.25, 0.3) is 5.91 Å². The van der Waals surface area contributed by atoms with Crippen LogP contribution in [0, 0.1) is 20.8 Å². The Morgan fingerprint density at radius 2 is 1.60 bits per heavy atom. The van der Waals surface area contributed by atoms with Gasteiger partial charge in [0.2, 0.25) is 5.91 Å². The fraction of sp³-hybridized carbons (Fsp3) is 0.531. The van der Waals surface area contributed by atoms with E-state index in [-0.39, 0.29) is 11.8 Å². The number of nitrogens with zero attached hydrogens (tertiary/aromatic N) is 1. The molecule has 0 bridgehead atoms. The molecule has 0 aliphatic rings. The van der Waals surface area contributed by atoms with Gasteiger partial charge in [-0.25, -0.2) is 4.79 Å². The first-order valence-electron chi connectivity index (χ1n) is 13.9. The van der Waals surface area contributed by atoms with Crippen LogP contribution in [0.25, 0.3) is 0 Å². The van der Waals surface area contributed by atoms with Crippen molar-refractivity contribution in [3.05, 3.63) is 64.7 Å². The Balaban J connectivity index is 2.67. The van der Waals surface area contributed by atoms with Gasteiger partial charge in [-0.05, 0) is 109 Å². The number of nitrogens with one attached hydrogen (secondary N) is 2. The topological polar surface area (TPSA) is 87.7 Å². The van der Waals surface area contributed by atoms with Gasteiger partial charge in [0.05, 0.1) is 0 Å². The predicted octanol–water partition coefficient (Wildman–Crippen LogP) is 6.96. The van der Waals surface area contributed by atoms with Crippen LogP contribution in [0.15, 0.2) is 42.5 Å². The average Bonchev–Trinajstić information content (AvgIpc) is 2.86. The molecule has 2 aromatic carbocycles. The van der Waals surface area contributed by atoms with E-state index < -0.39 is 29.3 Å². The second-order valence-electron chi connectivity index (χ2n) is 11.9. The van der Waals surface area contributed by atoms with Gasteiger partial charge in [-0.15, -0.1) is 0 Å². The summed E-state index contributed by atoms with van der Waals surface area (Å²) >= 11 is 1.59. The van der Waals surface area contributed by atoms with Crippen LogP contribution in [-0.4, -0.2) is 52.0 Å². The van der Waals surface area contributed by atoms with E-state index in [9.17, 15) is 14.4 Å². The quantitative estimate of drug-likeness (QED) is 0.306. The molecule has 3 amide bonds. The van der Waals surface area contributed by atoms with Gasteiger partial charge in [0.15, 0.2) is 0 Å². The maximum absolute atomic E-state index is 14.5. The van der Waals surface area contributed by atoms with Gasteiger partial charge >= 0.3 is 6.09 Å². The van der Waals surface area contributed by atoms with Gasteiger partial charge in [0, 0.05) is 11.2 Å². The van der Waals surface area contributed by atoms with Gasteiger partial charge in [-0.3, -0.25) is 9.59 Å². The molecule has 0 aromatic heterocycles. The highest BCUT2D eigenvalue weighted by Crippen LogP contribution is 2.34. The second kappa shape index (κ2) is 14.1. The Morgan fingerprint density at radius 1 is 0.950 bits per heavy atom. The SMILES string of the molecule is CCC(C)(C)N(C(=O)C(CCSC)NC(=O)OC(C)(C)C)C(C(=O)Nc1ccccc1C)c1ccc(C)c(C)c1. The first kappa shape index (κ1) is 33.2. The molecule has 40 heavy (non-hydrogen) atoms. The van der Waals surface area contributed by atoms with Crippen LogP contribution < -0.4 is 10.6 Å². The van der Waals surface area contributed by atoms with Crippen LogP contribution in [0.3, 0.4) is 0 Å². The number of anilines is 1. The van der Waals surface area contributed by atoms with Crippen molar-refractivity contribution in [2.45, 2.75) is 98.4 Å². The third-order valence-corrected chi connectivity index (χ3v) is 7.75. The second-order valence-corrected chi connectivity index (χ2v) is 12.9. The number of carbonyl (C=O) groups excluding carboxylic acids is 3. The number of carbonyl (C=O) groups is 3. The molecular weight excluding hydrogens is 522 g/mol. The monoisotopic (exact) mass is 569 g/mol. The molecule has 2 unspecified atom stereocenters. The summed E-state index contributed by atoms with van der Waals surface area (Å²) in [6.07, 6.45) is 2.29. The Morgan fingerprint density at radius 3 is 2.15 bits per heavy atom. The number of ether oxygens (including phenoxy) is 1. The van der Waals surface area contributed by atoms with E-state index in [0.29, 0.717) is 29.8 Å². The summed E-state index contributed by atoms with van der Waals surface area (Å²) in [4.78, 5) is 43.2. The van der Waals surface area contributed by atoms with E-state index in [1.807, 2.05) is 90.3 Å². The lowest BCUT2D eigenvalue weighted by Gasteiger charge is -2.44. The molecule has 0 saturated carbocycles. The van der Waals surface area contributed by atoms with Crippen LogP contribution >= 0.6 is 11.8 Å². The van der Waals surface area contributed by atoms with Gasteiger partial charge in [-0.1, -0.05) is 43.3 Å². The lowest BCUT2D eigenvalue weighted by molar-refractivity contribution is -0.147. The fourth-order valence-electron chi connectivity index (χ4n) is 4.32. The summed E-state index contributed by atoms with van der Waals surface area (Å²) in [5.74, 6) is 0.0132. The largest absolute Gasteiger partial charge is 0.444 e. The maximum Gasteiger partial charge on any atom is 0.408 e. The van der Waals surface area contributed by atoms with Crippen molar-refractivity contribution in [3.8, 4) is 0 Å². The molecule has 7 nitrogen and oxygen atoms in total. The fourth-order valence-corrected chi connectivity index (χ4v) is 4.79. The van der Waals surface area contributed by atoms with Crippen molar-refractivity contribution in [1.82, 2.24) is 10.2 Å². The third kappa shape index (κ3) is 9.01. The molecule has 2 N–H and O–H groups in total. The van der Waals surface area contributed by atoms with Crippen molar-refractivity contribution in [2.75, 3.05) is 17.3 Å². The Labute approximate surface area is 244 Å². The zero-order chi connectivity index (χ0) is 30.3.